The molecular formula is C10H18O3. The Labute approximate surface area is 79.3 Å². The van der Waals surface area contributed by atoms with E-state index in [4.69, 9.17) is 9.47 Å². The van der Waals surface area contributed by atoms with E-state index in [-0.39, 0.29) is 0 Å². The zero-order valence-corrected chi connectivity index (χ0v) is 8.16. The van der Waals surface area contributed by atoms with Gasteiger partial charge in [0.2, 0.25) is 0 Å². The van der Waals surface area contributed by atoms with Crippen LogP contribution in [-0.4, -0.2) is 30.2 Å². The van der Waals surface area contributed by atoms with E-state index in [2.05, 4.69) is 6.58 Å². The Bertz CT molecular complexity index is 162. The standard InChI is InChI=1S/C10H18O3/c1-3-9(11)5-4-6-10(2)12-7-8-13-10/h3,9,11H,1,4-8H2,2H3. The van der Waals surface area contributed by atoms with Crippen LogP contribution in [0.15, 0.2) is 12.7 Å². The number of ether oxygens (including phenoxy) is 2. The lowest BCUT2D eigenvalue weighted by Crippen LogP contribution is -2.25. The molecule has 1 atom stereocenters. The van der Waals surface area contributed by atoms with Crippen LogP contribution in [0.3, 0.4) is 0 Å². The molecule has 1 aliphatic rings. The van der Waals surface area contributed by atoms with Crippen LogP contribution in [0.2, 0.25) is 0 Å². The van der Waals surface area contributed by atoms with Crippen LogP contribution in [0, 0.1) is 0 Å². The average Bonchev–Trinajstić information content (AvgIpc) is 2.52. The van der Waals surface area contributed by atoms with E-state index in [0.29, 0.717) is 13.2 Å². The highest BCUT2D eigenvalue weighted by Gasteiger charge is 2.30. The minimum absolute atomic E-state index is 0.398. The summed E-state index contributed by atoms with van der Waals surface area (Å²) in [6.07, 6.45) is 3.61. The summed E-state index contributed by atoms with van der Waals surface area (Å²) in [7, 11) is 0. The summed E-state index contributed by atoms with van der Waals surface area (Å²) in [6.45, 7) is 6.82. The van der Waals surface area contributed by atoms with Crippen molar-refractivity contribution < 1.29 is 14.6 Å². The summed E-state index contributed by atoms with van der Waals surface area (Å²) in [4.78, 5) is 0. The maximum atomic E-state index is 9.22. The molecule has 1 rings (SSSR count). The van der Waals surface area contributed by atoms with E-state index in [1.807, 2.05) is 6.92 Å². The molecule has 3 nitrogen and oxygen atoms in total. The van der Waals surface area contributed by atoms with Crippen molar-refractivity contribution in [2.45, 2.75) is 38.1 Å². The van der Waals surface area contributed by atoms with Gasteiger partial charge in [0.05, 0.1) is 19.3 Å². The third-order valence-electron chi connectivity index (χ3n) is 2.30. The van der Waals surface area contributed by atoms with Crippen molar-refractivity contribution in [2.24, 2.45) is 0 Å². The minimum Gasteiger partial charge on any atom is -0.389 e. The van der Waals surface area contributed by atoms with Gasteiger partial charge in [-0.1, -0.05) is 6.08 Å². The van der Waals surface area contributed by atoms with Crippen LogP contribution < -0.4 is 0 Å². The topological polar surface area (TPSA) is 38.7 Å². The molecule has 1 unspecified atom stereocenters. The number of aliphatic hydroxyl groups is 1. The first-order valence-electron chi connectivity index (χ1n) is 4.75. The monoisotopic (exact) mass is 186 g/mol. The lowest BCUT2D eigenvalue weighted by atomic mass is 10.1. The Kier molecular flexibility index (Phi) is 3.90. The Morgan fingerprint density at radius 3 is 2.69 bits per heavy atom. The zero-order chi connectivity index (χ0) is 9.73. The molecule has 3 heteroatoms. The molecule has 0 radical (unpaired) electrons. The molecule has 1 N–H and O–H groups in total. The van der Waals surface area contributed by atoms with Gasteiger partial charge in [0, 0.05) is 6.42 Å². The summed E-state index contributed by atoms with van der Waals surface area (Å²) in [5.74, 6) is -0.416. The molecule has 0 aromatic heterocycles. The Hall–Kier alpha value is -0.380. The van der Waals surface area contributed by atoms with Gasteiger partial charge in [0.25, 0.3) is 0 Å². The normalized spacial score (nSPS) is 22.9. The van der Waals surface area contributed by atoms with Gasteiger partial charge in [-0.3, -0.25) is 0 Å². The molecule has 1 heterocycles. The predicted octanol–water partition coefficient (Wildman–Crippen LogP) is 1.47. The largest absolute Gasteiger partial charge is 0.389 e. The summed E-state index contributed by atoms with van der Waals surface area (Å²) < 4.78 is 10.9. The van der Waals surface area contributed by atoms with Crippen LogP contribution in [-0.2, 0) is 9.47 Å². The van der Waals surface area contributed by atoms with Crippen molar-refractivity contribution in [1.82, 2.24) is 0 Å². The summed E-state index contributed by atoms with van der Waals surface area (Å²) in [5.41, 5.74) is 0. The summed E-state index contributed by atoms with van der Waals surface area (Å²) in [6, 6.07) is 0. The number of hydrogen-bond acceptors (Lipinski definition) is 3. The fraction of sp³-hybridized carbons (Fsp3) is 0.800. The Morgan fingerprint density at radius 1 is 1.54 bits per heavy atom. The van der Waals surface area contributed by atoms with E-state index in [9.17, 15) is 5.11 Å². The molecule has 0 bridgehead atoms. The van der Waals surface area contributed by atoms with Gasteiger partial charge in [-0.15, -0.1) is 6.58 Å². The Balaban J connectivity index is 2.14. The van der Waals surface area contributed by atoms with Gasteiger partial charge >= 0.3 is 0 Å². The maximum Gasteiger partial charge on any atom is 0.165 e. The summed E-state index contributed by atoms with van der Waals surface area (Å²) >= 11 is 0. The molecule has 0 aromatic carbocycles. The van der Waals surface area contributed by atoms with Gasteiger partial charge in [-0.25, -0.2) is 0 Å². The van der Waals surface area contributed by atoms with E-state index in [0.717, 1.165) is 19.3 Å². The summed E-state index contributed by atoms with van der Waals surface area (Å²) in [5, 5.41) is 9.22. The third-order valence-corrected chi connectivity index (χ3v) is 2.30. The van der Waals surface area contributed by atoms with Gasteiger partial charge in [-0.2, -0.15) is 0 Å². The molecule has 1 fully saturated rings. The zero-order valence-electron chi connectivity index (χ0n) is 8.16. The van der Waals surface area contributed by atoms with E-state index < -0.39 is 11.9 Å². The quantitative estimate of drug-likeness (QED) is 0.661. The maximum absolute atomic E-state index is 9.22. The first-order chi connectivity index (χ1) is 6.16. The Morgan fingerprint density at radius 2 is 2.15 bits per heavy atom. The fourth-order valence-electron chi connectivity index (χ4n) is 1.45. The molecule has 0 aromatic rings. The van der Waals surface area contributed by atoms with Crippen LogP contribution >= 0.6 is 0 Å². The van der Waals surface area contributed by atoms with Crippen LogP contribution in [0.25, 0.3) is 0 Å². The lowest BCUT2D eigenvalue weighted by molar-refractivity contribution is -0.148. The smallest absolute Gasteiger partial charge is 0.165 e. The molecule has 0 amide bonds. The SMILES string of the molecule is C=CC(O)CCCC1(C)OCCO1. The van der Waals surface area contributed by atoms with Gasteiger partial charge in [0.1, 0.15) is 0 Å². The highest BCUT2D eigenvalue weighted by Crippen LogP contribution is 2.24. The lowest BCUT2D eigenvalue weighted by Gasteiger charge is -2.22. The first kappa shape index (κ1) is 10.7. The third kappa shape index (κ3) is 3.46. The first-order valence-corrected chi connectivity index (χ1v) is 4.75. The van der Waals surface area contributed by atoms with Crippen molar-refractivity contribution >= 4 is 0 Å². The van der Waals surface area contributed by atoms with Crippen LogP contribution in [0.4, 0.5) is 0 Å². The van der Waals surface area contributed by atoms with Crippen molar-refractivity contribution in [3.05, 3.63) is 12.7 Å². The molecule has 1 saturated heterocycles. The minimum atomic E-state index is -0.416. The molecule has 0 spiro atoms. The molecule has 0 aliphatic carbocycles. The van der Waals surface area contributed by atoms with Crippen LogP contribution in [0.5, 0.6) is 0 Å². The van der Waals surface area contributed by atoms with E-state index in [1.54, 1.807) is 6.08 Å². The van der Waals surface area contributed by atoms with Crippen molar-refractivity contribution in [1.29, 1.82) is 0 Å². The molecule has 1 aliphatic heterocycles. The number of hydrogen-bond donors (Lipinski definition) is 1. The van der Waals surface area contributed by atoms with Crippen LogP contribution in [0.1, 0.15) is 26.2 Å². The van der Waals surface area contributed by atoms with Crippen molar-refractivity contribution in [2.75, 3.05) is 13.2 Å². The average molecular weight is 186 g/mol. The predicted molar refractivity (Wildman–Crippen MR) is 50.4 cm³/mol. The number of aliphatic hydroxyl groups excluding tert-OH is 1. The molecule has 76 valence electrons. The van der Waals surface area contributed by atoms with Gasteiger partial charge in [0.15, 0.2) is 5.79 Å². The van der Waals surface area contributed by atoms with E-state index in [1.165, 1.54) is 0 Å². The van der Waals surface area contributed by atoms with E-state index >= 15 is 0 Å². The van der Waals surface area contributed by atoms with Crippen molar-refractivity contribution in [3.63, 3.8) is 0 Å². The highest BCUT2D eigenvalue weighted by atomic mass is 16.7. The van der Waals surface area contributed by atoms with Gasteiger partial charge < -0.3 is 14.6 Å². The second-order valence-corrected chi connectivity index (χ2v) is 3.53. The molecule has 13 heavy (non-hydrogen) atoms. The molecule has 0 saturated carbocycles. The fourth-order valence-corrected chi connectivity index (χ4v) is 1.45. The second kappa shape index (κ2) is 4.74. The molecular weight excluding hydrogens is 168 g/mol. The van der Waals surface area contributed by atoms with Crippen molar-refractivity contribution in [3.8, 4) is 0 Å². The second-order valence-electron chi connectivity index (χ2n) is 3.53. The van der Waals surface area contributed by atoms with Gasteiger partial charge in [-0.05, 0) is 19.8 Å². The number of rotatable bonds is 5. The highest BCUT2D eigenvalue weighted by molar-refractivity contribution is 4.78.